The van der Waals surface area contributed by atoms with E-state index in [0.717, 1.165) is 122 Å². The second-order valence-electron chi connectivity index (χ2n) is 35.0. The fourth-order valence-electron chi connectivity index (χ4n) is 16.1. The van der Waals surface area contributed by atoms with Crippen LogP contribution in [0, 0.1) is 0 Å². The van der Waals surface area contributed by atoms with Gasteiger partial charge in [0, 0.05) is 35.4 Å². The van der Waals surface area contributed by atoms with Gasteiger partial charge >= 0.3 is 0 Å². The maximum Gasteiger partial charge on any atom is 0.203 e. The monoisotopic (exact) mass is 1620 g/mol. The first-order valence-corrected chi connectivity index (χ1v) is 50.9. The van der Waals surface area contributed by atoms with E-state index in [2.05, 4.69) is 124 Å². The molecule has 10 heteroatoms. The Bertz CT molecular complexity index is 2460. The zero-order valence-electron chi connectivity index (χ0n) is 77.2. The van der Waals surface area contributed by atoms with E-state index in [-0.39, 0.29) is 0 Å². The van der Waals surface area contributed by atoms with Crippen LogP contribution in [0.4, 0.5) is 0 Å². The summed E-state index contributed by atoms with van der Waals surface area (Å²) in [5, 5.41) is 0. The van der Waals surface area contributed by atoms with Gasteiger partial charge in [-0.1, -0.05) is 427 Å². The number of rotatable bonds is 89. The Morgan fingerprint density at radius 1 is 0.172 bits per heavy atom. The molecule has 0 N–H and O–H groups in total. The van der Waals surface area contributed by atoms with Crippen LogP contribution >= 0.6 is 0 Å². The topological polar surface area (TPSA) is 81.6 Å². The molecule has 0 saturated carbocycles. The number of aromatic nitrogens is 2. The Balaban J connectivity index is 1.26. The molecular formula is C106H186N2O8+2. The molecule has 0 radical (unpaired) electrons. The third-order valence-corrected chi connectivity index (χ3v) is 23.7. The van der Waals surface area contributed by atoms with Crippen LogP contribution in [0.5, 0.6) is 46.0 Å². The maximum absolute atomic E-state index is 6.75. The molecule has 4 aromatic rings. The van der Waals surface area contributed by atoms with E-state index in [0.29, 0.717) is 52.7 Å². The molecule has 0 aliphatic heterocycles. The van der Waals surface area contributed by atoms with Crippen LogP contribution in [-0.4, -0.2) is 52.9 Å². The summed E-state index contributed by atoms with van der Waals surface area (Å²) in [6, 6.07) is 17.4. The van der Waals surface area contributed by atoms with Crippen molar-refractivity contribution in [3.8, 4) is 46.0 Å². The standard InChI is InChI=1S/C106H186N2O8/c1-7-13-19-25-31-37-43-53-61-69-85-111-101-91-97(92-102(112-86-70-62-54-44-38-32-26-20-14-8-2)105(101)115-89-73-65-57-47-41-35-29-23-17-11-5)95-107-79-75-99(76-80-107)109-83-67-59-51-49-50-52-60-68-84-110-100-77-81-108(82-78-100)96-98-93-103(113-87-71-63-55-45-39-33-27-21-15-9-3)106(116-90-74-66-58-48-42-36-30-24-18-12-6)104(94-98)114-88-72-64-56-46-40-34-28-22-16-10-4/h75-82,91-94H,7-74,83-90,95-96H2,1-6H3/q+2. The van der Waals surface area contributed by atoms with Gasteiger partial charge in [0.15, 0.2) is 60.9 Å². The summed E-state index contributed by atoms with van der Waals surface area (Å²) in [4.78, 5) is 0. The van der Waals surface area contributed by atoms with Crippen molar-refractivity contribution >= 4 is 0 Å². The van der Waals surface area contributed by atoms with Gasteiger partial charge in [-0.2, -0.15) is 0 Å². The van der Waals surface area contributed by atoms with E-state index in [4.69, 9.17) is 37.9 Å². The van der Waals surface area contributed by atoms with Crippen molar-refractivity contribution in [2.75, 3.05) is 52.9 Å². The molecule has 0 aliphatic rings. The van der Waals surface area contributed by atoms with E-state index in [1.807, 2.05) is 0 Å². The molecule has 116 heavy (non-hydrogen) atoms. The van der Waals surface area contributed by atoms with Crippen LogP contribution in [-0.2, 0) is 13.1 Å². The van der Waals surface area contributed by atoms with Crippen molar-refractivity contribution in [2.24, 2.45) is 0 Å². The highest BCUT2D eigenvalue weighted by molar-refractivity contribution is 5.55. The molecule has 2 heterocycles. The minimum Gasteiger partial charge on any atom is -0.493 e. The van der Waals surface area contributed by atoms with Crippen LogP contribution < -0.4 is 47.0 Å². The first-order valence-electron chi connectivity index (χ1n) is 50.9. The molecule has 0 atom stereocenters. The van der Waals surface area contributed by atoms with Crippen molar-refractivity contribution in [1.29, 1.82) is 0 Å². The smallest absolute Gasteiger partial charge is 0.203 e. The largest absolute Gasteiger partial charge is 0.493 e. The van der Waals surface area contributed by atoms with E-state index in [1.165, 1.54) is 385 Å². The lowest BCUT2D eigenvalue weighted by Crippen LogP contribution is -2.33. The van der Waals surface area contributed by atoms with Gasteiger partial charge in [-0.25, -0.2) is 9.13 Å². The average Bonchev–Trinajstić information content (AvgIpc) is 0.823. The molecule has 2 aromatic heterocycles. The molecule has 2 aromatic carbocycles. The lowest BCUT2D eigenvalue weighted by Gasteiger charge is -2.18. The zero-order chi connectivity index (χ0) is 82.2. The third kappa shape index (κ3) is 58.2. The van der Waals surface area contributed by atoms with E-state index in [1.54, 1.807) is 0 Å². The van der Waals surface area contributed by atoms with Crippen LogP contribution in [0.1, 0.15) is 489 Å². The molecule has 0 amide bonds. The molecule has 0 fully saturated rings. The molecule has 666 valence electrons. The number of unbranched alkanes of at least 4 members (excludes halogenated alkanes) is 61. The maximum atomic E-state index is 6.75. The number of pyridine rings is 2. The van der Waals surface area contributed by atoms with Gasteiger partial charge in [0.1, 0.15) is 11.5 Å². The number of ether oxygens (including phenoxy) is 8. The number of hydrogen-bond acceptors (Lipinski definition) is 8. The Hall–Kier alpha value is -4.86. The summed E-state index contributed by atoms with van der Waals surface area (Å²) >= 11 is 0. The van der Waals surface area contributed by atoms with Crippen molar-refractivity contribution in [3.63, 3.8) is 0 Å². The van der Waals surface area contributed by atoms with Crippen molar-refractivity contribution in [2.45, 2.75) is 491 Å². The quantitative estimate of drug-likeness (QED) is 0.0319. The summed E-state index contributed by atoms with van der Waals surface area (Å²) in [7, 11) is 0. The molecule has 0 saturated heterocycles. The third-order valence-electron chi connectivity index (χ3n) is 23.7. The highest BCUT2D eigenvalue weighted by Gasteiger charge is 2.21. The highest BCUT2D eigenvalue weighted by Crippen LogP contribution is 2.42. The Labute approximate surface area is 717 Å². The minimum atomic E-state index is 0.688. The molecule has 0 aliphatic carbocycles. The van der Waals surface area contributed by atoms with Crippen LogP contribution in [0.2, 0.25) is 0 Å². The summed E-state index contributed by atoms with van der Waals surface area (Å²) in [6.45, 7) is 20.9. The highest BCUT2D eigenvalue weighted by atomic mass is 16.5. The Kier molecular flexibility index (Phi) is 70.2. The van der Waals surface area contributed by atoms with Crippen molar-refractivity contribution in [1.82, 2.24) is 0 Å². The predicted octanol–water partition coefficient (Wildman–Crippen LogP) is 32.7. The zero-order valence-corrected chi connectivity index (χ0v) is 77.2. The second kappa shape index (κ2) is 78.7. The molecule has 10 nitrogen and oxygen atoms in total. The Morgan fingerprint density at radius 2 is 0.319 bits per heavy atom. The molecule has 4 rings (SSSR count). The number of hydrogen-bond donors (Lipinski definition) is 0. The van der Waals surface area contributed by atoms with E-state index >= 15 is 0 Å². The second-order valence-corrected chi connectivity index (χ2v) is 35.0. The van der Waals surface area contributed by atoms with Crippen molar-refractivity contribution in [3.05, 3.63) is 84.4 Å². The molecular weight excluding hydrogens is 1430 g/mol. The van der Waals surface area contributed by atoms with E-state index in [9.17, 15) is 0 Å². The normalized spacial score (nSPS) is 11.5. The first kappa shape index (κ1) is 103. The lowest BCUT2D eigenvalue weighted by molar-refractivity contribution is -0.688. The molecule has 0 unspecified atom stereocenters. The van der Waals surface area contributed by atoms with Gasteiger partial charge in [-0.15, -0.1) is 0 Å². The lowest BCUT2D eigenvalue weighted by atomic mass is 10.1. The number of benzene rings is 2. The minimum absolute atomic E-state index is 0.688. The van der Waals surface area contributed by atoms with Gasteiger partial charge < -0.3 is 37.9 Å². The average molecular weight is 1620 g/mol. The fraction of sp³-hybridized carbons (Fsp3) is 0.792. The van der Waals surface area contributed by atoms with Crippen molar-refractivity contribution < 1.29 is 47.0 Å². The van der Waals surface area contributed by atoms with Gasteiger partial charge in [-0.05, 0) is 75.6 Å². The summed E-state index contributed by atoms with van der Waals surface area (Å²) < 4.78 is 57.7. The van der Waals surface area contributed by atoms with Gasteiger partial charge in [-0.3, -0.25) is 0 Å². The summed E-state index contributed by atoms with van der Waals surface area (Å²) in [5.41, 5.74) is 2.33. The predicted molar refractivity (Wildman–Crippen MR) is 496 cm³/mol. The van der Waals surface area contributed by atoms with Gasteiger partial charge in [0.25, 0.3) is 0 Å². The van der Waals surface area contributed by atoms with Crippen LogP contribution in [0.3, 0.4) is 0 Å². The van der Waals surface area contributed by atoms with Gasteiger partial charge in [0.2, 0.25) is 11.5 Å². The van der Waals surface area contributed by atoms with Crippen LogP contribution in [0.15, 0.2) is 73.3 Å². The fourth-order valence-corrected chi connectivity index (χ4v) is 16.1. The summed E-state index contributed by atoms with van der Waals surface area (Å²) in [6.07, 6.45) is 96.6. The molecule has 0 spiro atoms. The van der Waals surface area contributed by atoms with Gasteiger partial charge in [0.05, 0.1) is 52.9 Å². The number of nitrogens with zero attached hydrogens (tertiary/aromatic N) is 2. The van der Waals surface area contributed by atoms with E-state index < -0.39 is 0 Å². The summed E-state index contributed by atoms with van der Waals surface area (Å²) in [5.74, 6) is 6.81. The molecule has 0 bridgehead atoms. The first-order chi connectivity index (χ1) is 57.5. The Morgan fingerprint density at radius 3 is 0.491 bits per heavy atom. The van der Waals surface area contributed by atoms with Crippen LogP contribution in [0.25, 0.3) is 0 Å². The SMILES string of the molecule is CCCCCCCCCCCCOc1cc(C[n+]2ccc(OCCCCCCCCCCOc3cc[n+](Cc4cc(OCCCCCCCCCCCC)c(OCCCCCCCCCCCC)c(OCCCCCCCCCCCC)c4)cc3)cc2)cc(OCCCCCCCCCCCC)c1OCCCCCCCCCCCC.